The summed E-state index contributed by atoms with van der Waals surface area (Å²) in [4.78, 5) is 0. The molecule has 0 radical (unpaired) electrons. The van der Waals surface area contributed by atoms with Gasteiger partial charge in [0, 0.05) is 18.3 Å². The lowest BCUT2D eigenvalue weighted by Gasteiger charge is -2.07. The van der Waals surface area contributed by atoms with Crippen LogP contribution in [0.25, 0.3) is 0 Å². The van der Waals surface area contributed by atoms with Crippen LogP contribution >= 0.6 is 0 Å². The van der Waals surface area contributed by atoms with Gasteiger partial charge in [0.15, 0.2) is 0 Å². The Hall–Kier alpha value is -1.27. The Kier molecular flexibility index (Phi) is 4.57. The van der Waals surface area contributed by atoms with E-state index in [2.05, 4.69) is 4.72 Å². The molecule has 0 spiro atoms. The predicted molar refractivity (Wildman–Crippen MR) is 63.8 cm³/mol. The van der Waals surface area contributed by atoms with Gasteiger partial charge in [-0.05, 0) is 19.1 Å². The van der Waals surface area contributed by atoms with E-state index < -0.39 is 10.0 Å². The Morgan fingerprint density at radius 2 is 2.19 bits per heavy atom. The molecule has 90 valence electrons. The van der Waals surface area contributed by atoms with Gasteiger partial charge in [-0.15, -0.1) is 0 Å². The van der Waals surface area contributed by atoms with E-state index in [0.29, 0.717) is 11.4 Å². The molecule has 0 fully saturated rings. The van der Waals surface area contributed by atoms with Crippen molar-refractivity contribution in [1.82, 2.24) is 4.72 Å². The van der Waals surface area contributed by atoms with E-state index >= 15 is 0 Å². The SMILES string of the molecule is CCS(=O)(=O)NCCOc1cccc(N)c1. The fraction of sp³-hybridized carbons (Fsp3) is 0.400. The maximum absolute atomic E-state index is 11.1. The van der Waals surface area contributed by atoms with Gasteiger partial charge in [-0.1, -0.05) is 6.07 Å². The molecular weight excluding hydrogens is 228 g/mol. The zero-order valence-corrected chi connectivity index (χ0v) is 9.96. The van der Waals surface area contributed by atoms with Crippen LogP contribution in [-0.2, 0) is 10.0 Å². The van der Waals surface area contributed by atoms with Crippen LogP contribution in [0.3, 0.4) is 0 Å². The summed E-state index contributed by atoms with van der Waals surface area (Å²) < 4.78 is 29.9. The quantitative estimate of drug-likeness (QED) is 0.567. The minimum atomic E-state index is -3.14. The van der Waals surface area contributed by atoms with Crippen molar-refractivity contribution < 1.29 is 13.2 Å². The van der Waals surface area contributed by atoms with Crippen molar-refractivity contribution in [2.75, 3.05) is 24.6 Å². The van der Waals surface area contributed by atoms with Gasteiger partial charge in [0.1, 0.15) is 12.4 Å². The van der Waals surface area contributed by atoms with Crippen LogP contribution in [0.2, 0.25) is 0 Å². The Morgan fingerprint density at radius 1 is 1.44 bits per heavy atom. The molecule has 6 heteroatoms. The van der Waals surface area contributed by atoms with Crippen LogP contribution in [0.5, 0.6) is 5.75 Å². The maximum atomic E-state index is 11.1. The second-order valence-electron chi connectivity index (χ2n) is 3.22. The first-order chi connectivity index (χ1) is 7.53. The summed E-state index contributed by atoms with van der Waals surface area (Å²) in [5.41, 5.74) is 6.18. The molecule has 16 heavy (non-hydrogen) atoms. The number of rotatable bonds is 6. The fourth-order valence-corrected chi connectivity index (χ4v) is 1.67. The topological polar surface area (TPSA) is 81.4 Å². The van der Waals surface area contributed by atoms with Crippen molar-refractivity contribution in [2.24, 2.45) is 0 Å². The number of nitrogen functional groups attached to an aromatic ring is 1. The summed E-state index contributed by atoms with van der Waals surface area (Å²) in [6, 6.07) is 6.99. The smallest absolute Gasteiger partial charge is 0.211 e. The lowest BCUT2D eigenvalue weighted by Crippen LogP contribution is -2.29. The second-order valence-corrected chi connectivity index (χ2v) is 5.31. The molecule has 0 saturated carbocycles. The van der Waals surface area contributed by atoms with Crippen LogP contribution in [-0.4, -0.2) is 27.3 Å². The number of nitrogens with two attached hydrogens (primary N) is 1. The molecule has 0 saturated heterocycles. The third kappa shape index (κ3) is 4.50. The lowest BCUT2D eigenvalue weighted by molar-refractivity contribution is 0.323. The normalized spacial score (nSPS) is 11.3. The predicted octanol–water partition coefficient (Wildman–Crippen LogP) is 0.587. The monoisotopic (exact) mass is 244 g/mol. The van der Waals surface area contributed by atoms with E-state index in [0.717, 1.165) is 0 Å². The van der Waals surface area contributed by atoms with E-state index in [1.165, 1.54) is 0 Å². The standard InChI is InChI=1S/C10H16N2O3S/c1-2-16(13,14)12-6-7-15-10-5-3-4-9(11)8-10/h3-5,8,12H,2,6-7,11H2,1H3. The minimum absolute atomic E-state index is 0.0747. The number of hydrogen-bond donors (Lipinski definition) is 2. The zero-order valence-electron chi connectivity index (χ0n) is 9.14. The average Bonchev–Trinajstić information content (AvgIpc) is 2.25. The molecule has 1 aromatic carbocycles. The molecular formula is C10H16N2O3S. The molecule has 0 atom stereocenters. The molecule has 0 unspecified atom stereocenters. The van der Waals surface area contributed by atoms with Gasteiger partial charge >= 0.3 is 0 Å². The molecule has 0 aliphatic heterocycles. The van der Waals surface area contributed by atoms with Crippen LogP contribution in [0.15, 0.2) is 24.3 Å². The summed E-state index contributed by atoms with van der Waals surface area (Å²) >= 11 is 0. The maximum Gasteiger partial charge on any atom is 0.211 e. The Bertz CT molecular complexity index is 431. The van der Waals surface area contributed by atoms with Gasteiger partial charge in [0.05, 0.1) is 5.75 Å². The molecule has 0 aliphatic rings. The third-order valence-electron chi connectivity index (χ3n) is 1.93. The summed E-state index contributed by atoms with van der Waals surface area (Å²) in [5.74, 6) is 0.710. The number of sulfonamides is 1. The minimum Gasteiger partial charge on any atom is -0.492 e. The number of nitrogens with one attached hydrogen (secondary N) is 1. The van der Waals surface area contributed by atoms with Crippen molar-refractivity contribution in [3.05, 3.63) is 24.3 Å². The van der Waals surface area contributed by atoms with Gasteiger partial charge in [-0.3, -0.25) is 0 Å². The summed E-state index contributed by atoms with van der Waals surface area (Å²) in [5, 5.41) is 0. The Morgan fingerprint density at radius 3 is 2.81 bits per heavy atom. The summed E-state index contributed by atoms with van der Waals surface area (Å²) in [7, 11) is -3.14. The third-order valence-corrected chi connectivity index (χ3v) is 3.33. The Labute approximate surface area is 95.7 Å². The molecule has 0 amide bonds. The van der Waals surface area contributed by atoms with Crippen molar-refractivity contribution in [2.45, 2.75) is 6.92 Å². The average molecular weight is 244 g/mol. The van der Waals surface area contributed by atoms with E-state index in [9.17, 15) is 8.42 Å². The van der Waals surface area contributed by atoms with Crippen molar-refractivity contribution in [3.63, 3.8) is 0 Å². The van der Waals surface area contributed by atoms with E-state index in [-0.39, 0.29) is 18.9 Å². The van der Waals surface area contributed by atoms with Crippen LogP contribution < -0.4 is 15.2 Å². The van der Waals surface area contributed by atoms with Gasteiger partial charge in [0.2, 0.25) is 10.0 Å². The first-order valence-corrected chi connectivity index (χ1v) is 6.64. The fourth-order valence-electron chi connectivity index (χ4n) is 1.07. The van der Waals surface area contributed by atoms with Crippen molar-refractivity contribution >= 4 is 15.7 Å². The van der Waals surface area contributed by atoms with Gasteiger partial charge in [-0.25, -0.2) is 13.1 Å². The summed E-state index contributed by atoms with van der Waals surface area (Å²) in [6.07, 6.45) is 0. The summed E-state index contributed by atoms with van der Waals surface area (Å²) in [6.45, 7) is 2.12. The zero-order chi connectivity index (χ0) is 12.0. The highest BCUT2D eigenvalue weighted by Crippen LogP contribution is 2.13. The molecule has 5 nitrogen and oxygen atoms in total. The number of benzene rings is 1. The van der Waals surface area contributed by atoms with Gasteiger partial charge in [-0.2, -0.15) is 0 Å². The van der Waals surface area contributed by atoms with Crippen molar-refractivity contribution in [3.8, 4) is 5.75 Å². The first kappa shape index (κ1) is 12.8. The lowest BCUT2D eigenvalue weighted by atomic mass is 10.3. The van der Waals surface area contributed by atoms with E-state index in [4.69, 9.17) is 10.5 Å². The number of ether oxygens (including phenoxy) is 1. The van der Waals surface area contributed by atoms with Gasteiger partial charge < -0.3 is 10.5 Å². The van der Waals surface area contributed by atoms with E-state index in [1.54, 1.807) is 31.2 Å². The largest absolute Gasteiger partial charge is 0.492 e. The van der Waals surface area contributed by atoms with Crippen molar-refractivity contribution in [1.29, 1.82) is 0 Å². The van der Waals surface area contributed by atoms with Crippen LogP contribution in [0, 0.1) is 0 Å². The molecule has 0 aromatic heterocycles. The molecule has 0 aliphatic carbocycles. The highest BCUT2D eigenvalue weighted by Gasteiger charge is 2.04. The first-order valence-electron chi connectivity index (χ1n) is 4.99. The highest BCUT2D eigenvalue weighted by atomic mass is 32.2. The molecule has 0 bridgehead atoms. The number of anilines is 1. The van der Waals surface area contributed by atoms with Crippen LogP contribution in [0.1, 0.15) is 6.92 Å². The molecule has 0 heterocycles. The molecule has 3 N–H and O–H groups in total. The Balaban J connectivity index is 2.32. The highest BCUT2D eigenvalue weighted by molar-refractivity contribution is 7.89. The van der Waals surface area contributed by atoms with Crippen LogP contribution in [0.4, 0.5) is 5.69 Å². The molecule has 1 aromatic rings. The second kappa shape index (κ2) is 5.72. The molecule has 1 rings (SSSR count). The van der Waals surface area contributed by atoms with Gasteiger partial charge in [0.25, 0.3) is 0 Å². The van der Waals surface area contributed by atoms with E-state index in [1.807, 2.05) is 0 Å². The number of hydrogen-bond acceptors (Lipinski definition) is 4.